The standard InChI is InChI=1S/C17H13Cl2NO2S2/c1-2-7-20-16(21)15(24-17(20)23)9-11-4-6-14(22-11)10-3-5-12(18)13(19)8-10/h3-6,8-9H,2,7H2,1H3. The van der Waals surface area contributed by atoms with E-state index in [1.54, 1.807) is 23.1 Å². The van der Waals surface area contributed by atoms with E-state index in [4.69, 9.17) is 39.8 Å². The van der Waals surface area contributed by atoms with Gasteiger partial charge in [-0.3, -0.25) is 9.69 Å². The lowest BCUT2D eigenvalue weighted by Gasteiger charge is -2.11. The summed E-state index contributed by atoms with van der Waals surface area (Å²) in [6, 6.07) is 8.93. The van der Waals surface area contributed by atoms with E-state index in [9.17, 15) is 4.79 Å². The van der Waals surface area contributed by atoms with Crippen molar-refractivity contribution in [2.45, 2.75) is 13.3 Å². The van der Waals surface area contributed by atoms with Crippen molar-refractivity contribution in [3.63, 3.8) is 0 Å². The lowest BCUT2D eigenvalue weighted by molar-refractivity contribution is -0.122. The average Bonchev–Trinajstić information content (AvgIpc) is 3.11. The first kappa shape index (κ1) is 17.5. The van der Waals surface area contributed by atoms with Crippen molar-refractivity contribution in [2.24, 2.45) is 0 Å². The van der Waals surface area contributed by atoms with Crippen LogP contribution in [-0.4, -0.2) is 21.7 Å². The zero-order valence-corrected chi connectivity index (χ0v) is 15.9. The minimum absolute atomic E-state index is 0.0701. The van der Waals surface area contributed by atoms with Gasteiger partial charge in [-0.1, -0.05) is 54.1 Å². The molecule has 24 heavy (non-hydrogen) atoms. The van der Waals surface area contributed by atoms with Gasteiger partial charge in [0.1, 0.15) is 15.8 Å². The number of hydrogen-bond acceptors (Lipinski definition) is 4. The second-order valence-electron chi connectivity index (χ2n) is 5.16. The number of benzene rings is 1. The Kier molecular flexibility index (Phi) is 5.35. The van der Waals surface area contributed by atoms with Crippen molar-refractivity contribution >= 4 is 63.5 Å². The van der Waals surface area contributed by atoms with E-state index in [0.29, 0.717) is 37.3 Å². The Morgan fingerprint density at radius 1 is 1.25 bits per heavy atom. The van der Waals surface area contributed by atoms with Gasteiger partial charge in [0, 0.05) is 18.2 Å². The molecule has 1 saturated heterocycles. The number of halogens is 2. The number of rotatable bonds is 4. The number of thiocarbonyl (C=S) groups is 1. The molecular weight excluding hydrogens is 385 g/mol. The van der Waals surface area contributed by atoms with Crippen LogP contribution in [0, 0.1) is 0 Å². The molecule has 0 unspecified atom stereocenters. The van der Waals surface area contributed by atoms with Crippen LogP contribution in [0.25, 0.3) is 17.4 Å². The molecular formula is C17H13Cl2NO2S2. The third-order valence-electron chi connectivity index (χ3n) is 3.43. The Balaban J connectivity index is 1.85. The van der Waals surface area contributed by atoms with Crippen LogP contribution in [-0.2, 0) is 4.79 Å². The average molecular weight is 398 g/mol. The van der Waals surface area contributed by atoms with Gasteiger partial charge in [0.25, 0.3) is 5.91 Å². The van der Waals surface area contributed by atoms with E-state index in [-0.39, 0.29) is 5.91 Å². The normalized spacial score (nSPS) is 16.5. The summed E-state index contributed by atoms with van der Waals surface area (Å²) in [7, 11) is 0. The predicted molar refractivity (Wildman–Crippen MR) is 104 cm³/mol. The summed E-state index contributed by atoms with van der Waals surface area (Å²) in [4.78, 5) is 14.5. The molecule has 1 amide bonds. The Bertz CT molecular complexity index is 845. The minimum Gasteiger partial charge on any atom is -0.457 e. The predicted octanol–water partition coefficient (Wildman–Crippen LogP) is 5.86. The van der Waals surface area contributed by atoms with Crippen molar-refractivity contribution in [3.8, 4) is 11.3 Å². The topological polar surface area (TPSA) is 33.5 Å². The molecule has 1 fully saturated rings. The zero-order valence-electron chi connectivity index (χ0n) is 12.7. The molecule has 2 heterocycles. The molecule has 3 rings (SSSR count). The van der Waals surface area contributed by atoms with E-state index < -0.39 is 0 Å². The number of amides is 1. The van der Waals surface area contributed by atoms with E-state index >= 15 is 0 Å². The van der Waals surface area contributed by atoms with Crippen molar-refractivity contribution < 1.29 is 9.21 Å². The molecule has 1 aromatic heterocycles. The number of hydrogen-bond donors (Lipinski definition) is 0. The zero-order chi connectivity index (χ0) is 17.3. The lowest BCUT2D eigenvalue weighted by atomic mass is 10.2. The number of nitrogens with zero attached hydrogens (tertiary/aromatic N) is 1. The van der Waals surface area contributed by atoms with Crippen LogP contribution in [0.2, 0.25) is 10.0 Å². The Labute approximate surface area is 159 Å². The monoisotopic (exact) mass is 397 g/mol. The molecule has 0 radical (unpaired) electrons. The lowest BCUT2D eigenvalue weighted by Crippen LogP contribution is -2.28. The fourth-order valence-corrected chi connectivity index (χ4v) is 3.87. The Hall–Kier alpha value is -1.27. The maximum atomic E-state index is 12.3. The molecule has 3 nitrogen and oxygen atoms in total. The SMILES string of the molecule is CCCN1C(=O)C(=Cc2ccc(-c3ccc(Cl)c(Cl)c3)o2)SC1=S. The highest BCUT2D eigenvalue weighted by atomic mass is 35.5. The molecule has 124 valence electrons. The van der Waals surface area contributed by atoms with Gasteiger partial charge in [-0.05, 0) is 36.8 Å². The summed E-state index contributed by atoms with van der Waals surface area (Å²) in [5.74, 6) is 1.18. The summed E-state index contributed by atoms with van der Waals surface area (Å²) < 4.78 is 6.39. The Morgan fingerprint density at radius 2 is 2.04 bits per heavy atom. The van der Waals surface area contributed by atoms with E-state index in [1.807, 2.05) is 25.1 Å². The Morgan fingerprint density at radius 3 is 2.75 bits per heavy atom. The molecule has 7 heteroatoms. The van der Waals surface area contributed by atoms with Crippen molar-refractivity contribution in [2.75, 3.05) is 6.54 Å². The van der Waals surface area contributed by atoms with Gasteiger partial charge in [-0.25, -0.2) is 0 Å². The molecule has 1 aliphatic rings. The fourth-order valence-electron chi connectivity index (χ4n) is 2.28. The molecule has 1 aromatic carbocycles. The van der Waals surface area contributed by atoms with Crippen molar-refractivity contribution in [1.82, 2.24) is 4.90 Å². The van der Waals surface area contributed by atoms with Crippen LogP contribution in [0.1, 0.15) is 19.1 Å². The first-order valence-electron chi connectivity index (χ1n) is 7.30. The first-order chi connectivity index (χ1) is 11.5. The summed E-state index contributed by atoms with van der Waals surface area (Å²) in [6.07, 6.45) is 2.58. The van der Waals surface area contributed by atoms with Crippen molar-refractivity contribution in [1.29, 1.82) is 0 Å². The quantitative estimate of drug-likeness (QED) is 0.477. The third kappa shape index (κ3) is 3.54. The van der Waals surface area contributed by atoms with Crippen LogP contribution in [0.4, 0.5) is 0 Å². The summed E-state index contributed by atoms with van der Waals surface area (Å²) in [5.41, 5.74) is 0.822. The van der Waals surface area contributed by atoms with Gasteiger partial charge in [0.2, 0.25) is 0 Å². The highest BCUT2D eigenvalue weighted by Gasteiger charge is 2.31. The van der Waals surface area contributed by atoms with Gasteiger partial charge in [0.15, 0.2) is 0 Å². The molecule has 0 saturated carbocycles. The molecule has 0 N–H and O–H groups in total. The van der Waals surface area contributed by atoms with Crippen molar-refractivity contribution in [3.05, 3.63) is 51.0 Å². The molecule has 0 aliphatic carbocycles. The van der Waals surface area contributed by atoms with Crippen LogP contribution in [0.3, 0.4) is 0 Å². The maximum absolute atomic E-state index is 12.3. The van der Waals surface area contributed by atoms with E-state index in [1.165, 1.54) is 11.8 Å². The molecule has 0 bridgehead atoms. The number of carbonyl (C=O) groups excluding carboxylic acids is 1. The smallest absolute Gasteiger partial charge is 0.266 e. The summed E-state index contributed by atoms with van der Waals surface area (Å²) in [5, 5.41) is 0.958. The molecule has 1 aliphatic heterocycles. The highest BCUT2D eigenvalue weighted by molar-refractivity contribution is 8.26. The van der Waals surface area contributed by atoms with E-state index in [0.717, 1.165) is 12.0 Å². The van der Waals surface area contributed by atoms with Gasteiger partial charge in [-0.15, -0.1) is 0 Å². The number of carbonyl (C=O) groups is 1. The first-order valence-corrected chi connectivity index (χ1v) is 9.28. The van der Waals surface area contributed by atoms with Crippen LogP contribution < -0.4 is 0 Å². The molecule has 0 atom stereocenters. The van der Waals surface area contributed by atoms with Gasteiger partial charge >= 0.3 is 0 Å². The third-order valence-corrected chi connectivity index (χ3v) is 5.54. The fraction of sp³-hybridized carbons (Fsp3) is 0.176. The van der Waals surface area contributed by atoms with Crippen LogP contribution in [0.5, 0.6) is 0 Å². The van der Waals surface area contributed by atoms with Gasteiger partial charge in [-0.2, -0.15) is 0 Å². The van der Waals surface area contributed by atoms with Gasteiger partial charge < -0.3 is 4.42 Å². The number of furan rings is 1. The van der Waals surface area contributed by atoms with Crippen LogP contribution in [0.15, 0.2) is 39.7 Å². The van der Waals surface area contributed by atoms with E-state index in [2.05, 4.69) is 0 Å². The molecule has 2 aromatic rings. The highest BCUT2D eigenvalue weighted by Crippen LogP contribution is 2.34. The second kappa shape index (κ2) is 7.31. The largest absolute Gasteiger partial charge is 0.457 e. The second-order valence-corrected chi connectivity index (χ2v) is 7.65. The summed E-state index contributed by atoms with van der Waals surface area (Å²) in [6.45, 7) is 2.65. The summed E-state index contributed by atoms with van der Waals surface area (Å²) >= 11 is 18.5. The number of thioether (sulfide) groups is 1. The minimum atomic E-state index is -0.0701. The molecule has 0 spiro atoms. The van der Waals surface area contributed by atoms with Gasteiger partial charge in [0.05, 0.1) is 15.0 Å². The van der Waals surface area contributed by atoms with Crippen LogP contribution >= 0.6 is 47.2 Å². The maximum Gasteiger partial charge on any atom is 0.266 e.